The van der Waals surface area contributed by atoms with Gasteiger partial charge in [-0.15, -0.1) is 11.3 Å². The highest BCUT2D eigenvalue weighted by atomic mass is 32.1. The topological polar surface area (TPSA) is 42.2 Å². The van der Waals surface area contributed by atoms with Crippen LogP contribution in [0.4, 0.5) is 11.4 Å². The second-order valence-corrected chi connectivity index (χ2v) is 6.74. The van der Waals surface area contributed by atoms with Gasteiger partial charge in [0.2, 0.25) is 0 Å². The average molecular weight is 263 g/mol. The number of rotatable bonds is 2. The number of fused-ring (bicyclic) bond motifs is 1. The summed E-state index contributed by atoms with van der Waals surface area (Å²) in [6.07, 6.45) is 0. The van der Waals surface area contributed by atoms with Crippen LogP contribution in [0.1, 0.15) is 27.7 Å². The van der Waals surface area contributed by atoms with E-state index in [0.29, 0.717) is 6.04 Å². The van der Waals surface area contributed by atoms with Crippen molar-refractivity contribution in [2.24, 2.45) is 5.41 Å². The standard InChI is InChI=1S/C14H21N3S/c1-9(14(2,3)4)17(5)10-6-7-11-13(12(10)15)16-8-18-11/h6-9H,15H2,1-5H3. The van der Waals surface area contributed by atoms with Gasteiger partial charge in [-0.3, -0.25) is 0 Å². The smallest absolute Gasteiger partial charge is 0.106 e. The Morgan fingerprint density at radius 3 is 2.61 bits per heavy atom. The van der Waals surface area contributed by atoms with E-state index < -0.39 is 0 Å². The van der Waals surface area contributed by atoms with Gasteiger partial charge in [-0.05, 0) is 24.5 Å². The van der Waals surface area contributed by atoms with Gasteiger partial charge < -0.3 is 10.6 Å². The van der Waals surface area contributed by atoms with E-state index in [1.807, 2.05) is 5.51 Å². The molecule has 1 aromatic carbocycles. The van der Waals surface area contributed by atoms with Gasteiger partial charge in [0.25, 0.3) is 0 Å². The van der Waals surface area contributed by atoms with Gasteiger partial charge in [-0.1, -0.05) is 20.8 Å². The van der Waals surface area contributed by atoms with E-state index in [-0.39, 0.29) is 5.41 Å². The maximum absolute atomic E-state index is 6.25. The van der Waals surface area contributed by atoms with E-state index in [9.17, 15) is 0 Å². The van der Waals surface area contributed by atoms with E-state index in [4.69, 9.17) is 5.73 Å². The van der Waals surface area contributed by atoms with E-state index >= 15 is 0 Å². The van der Waals surface area contributed by atoms with E-state index in [0.717, 1.165) is 21.6 Å². The Kier molecular flexibility index (Phi) is 3.23. The van der Waals surface area contributed by atoms with E-state index in [1.54, 1.807) is 11.3 Å². The van der Waals surface area contributed by atoms with Gasteiger partial charge in [-0.25, -0.2) is 4.98 Å². The van der Waals surface area contributed by atoms with Crippen LogP contribution < -0.4 is 10.6 Å². The number of benzene rings is 1. The molecule has 2 N–H and O–H groups in total. The summed E-state index contributed by atoms with van der Waals surface area (Å²) in [5.74, 6) is 0. The summed E-state index contributed by atoms with van der Waals surface area (Å²) in [6, 6.07) is 4.60. The first-order valence-electron chi connectivity index (χ1n) is 6.17. The highest BCUT2D eigenvalue weighted by Gasteiger charge is 2.25. The van der Waals surface area contributed by atoms with Gasteiger partial charge in [0.05, 0.1) is 21.6 Å². The van der Waals surface area contributed by atoms with Crippen LogP contribution in [-0.4, -0.2) is 18.1 Å². The Morgan fingerprint density at radius 2 is 2.00 bits per heavy atom. The fourth-order valence-corrected chi connectivity index (χ4v) is 2.73. The molecule has 0 aliphatic carbocycles. The van der Waals surface area contributed by atoms with Crippen LogP contribution in [0.15, 0.2) is 17.6 Å². The second kappa shape index (κ2) is 4.43. The summed E-state index contributed by atoms with van der Waals surface area (Å²) in [7, 11) is 2.10. The summed E-state index contributed by atoms with van der Waals surface area (Å²) >= 11 is 1.63. The molecule has 1 unspecified atom stereocenters. The summed E-state index contributed by atoms with van der Waals surface area (Å²) < 4.78 is 1.15. The molecule has 0 aliphatic rings. The molecule has 0 radical (unpaired) electrons. The first kappa shape index (κ1) is 13.1. The minimum absolute atomic E-state index is 0.207. The Bertz CT molecular complexity index is 554. The number of nitrogens with two attached hydrogens (primary N) is 1. The molecule has 18 heavy (non-hydrogen) atoms. The molecule has 98 valence electrons. The maximum Gasteiger partial charge on any atom is 0.106 e. The van der Waals surface area contributed by atoms with Crippen LogP contribution in [0.5, 0.6) is 0 Å². The fourth-order valence-electron chi connectivity index (χ4n) is 2.04. The zero-order valence-corrected chi connectivity index (χ0v) is 12.5. The van der Waals surface area contributed by atoms with Crippen molar-refractivity contribution >= 4 is 32.9 Å². The van der Waals surface area contributed by atoms with E-state index in [2.05, 4.69) is 56.8 Å². The lowest BCUT2D eigenvalue weighted by Crippen LogP contribution is -2.39. The normalized spacial score (nSPS) is 13.8. The lowest BCUT2D eigenvalue weighted by molar-refractivity contribution is 0.330. The Hall–Kier alpha value is -1.29. The van der Waals surface area contributed by atoms with Crippen molar-refractivity contribution in [1.82, 2.24) is 4.98 Å². The predicted octanol–water partition coefficient (Wildman–Crippen LogP) is 3.75. The third-order valence-electron chi connectivity index (χ3n) is 3.73. The van der Waals surface area contributed by atoms with E-state index in [1.165, 1.54) is 0 Å². The molecule has 1 atom stereocenters. The third-order valence-corrected chi connectivity index (χ3v) is 4.53. The Balaban J connectivity index is 2.44. The number of nitrogen functional groups attached to an aromatic ring is 1. The van der Waals surface area contributed by atoms with Crippen molar-refractivity contribution in [2.45, 2.75) is 33.7 Å². The van der Waals surface area contributed by atoms with Gasteiger partial charge in [0.15, 0.2) is 0 Å². The maximum atomic E-state index is 6.25. The molecular formula is C14H21N3S. The molecule has 4 heteroatoms. The van der Waals surface area contributed by atoms with Crippen molar-refractivity contribution in [3.05, 3.63) is 17.6 Å². The molecular weight excluding hydrogens is 242 g/mol. The van der Waals surface area contributed by atoms with Crippen LogP contribution in [0.25, 0.3) is 10.2 Å². The van der Waals surface area contributed by atoms with Crippen molar-refractivity contribution in [2.75, 3.05) is 17.7 Å². The fraction of sp³-hybridized carbons (Fsp3) is 0.500. The minimum Gasteiger partial charge on any atom is -0.395 e. The zero-order valence-electron chi connectivity index (χ0n) is 11.7. The average Bonchev–Trinajstić information content (AvgIpc) is 2.75. The molecule has 1 heterocycles. The van der Waals surface area contributed by atoms with Crippen LogP contribution in [0, 0.1) is 5.41 Å². The Labute approximate surface area is 113 Å². The molecule has 0 spiro atoms. The zero-order chi connectivity index (χ0) is 13.5. The quantitative estimate of drug-likeness (QED) is 0.839. The number of hydrogen-bond acceptors (Lipinski definition) is 4. The summed E-state index contributed by atoms with van der Waals surface area (Å²) in [4.78, 5) is 6.59. The number of nitrogens with zero attached hydrogens (tertiary/aromatic N) is 2. The lowest BCUT2D eigenvalue weighted by Gasteiger charge is -2.37. The number of aromatic nitrogens is 1. The largest absolute Gasteiger partial charge is 0.395 e. The Morgan fingerprint density at radius 1 is 1.33 bits per heavy atom. The monoisotopic (exact) mass is 263 g/mol. The van der Waals surface area contributed by atoms with Crippen LogP contribution >= 0.6 is 11.3 Å². The molecule has 3 nitrogen and oxygen atoms in total. The lowest BCUT2D eigenvalue weighted by atomic mass is 9.87. The second-order valence-electron chi connectivity index (χ2n) is 5.85. The number of anilines is 2. The molecule has 2 rings (SSSR count). The molecule has 0 saturated heterocycles. The molecule has 1 aromatic heterocycles. The van der Waals surface area contributed by atoms with Crippen molar-refractivity contribution in [3.63, 3.8) is 0 Å². The van der Waals surface area contributed by atoms with Crippen molar-refractivity contribution in [3.8, 4) is 0 Å². The highest BCUT2D eigenvalue weighted by Crippen LogP contribution is 2.35. The molecule has 2 aromatic rings. The van der Waals surface area contributed by atoms with Gasteiger partial charge in [0, 0.05) is 13.1 Å². The van der Waals surface area contributed by atoms with Crippen LogP contribution in [-0.2, 0) is 0 Å². The minimum atomic E-state index is 0.207. The van der Waals surface area contributed by atoms with Gasteiger partial charge in [0.1, 0.15) is 5.52 Å². The first-order valence-corrected chi connectivity index (χ1v) is 7.05. The summed E-state index contributed by atoms with van der Waals surface area (Å²) in [5.41, 5.74) is 11.1. The van der Waals surface area contributed by atoms with Gasteiger partial charge in [-0.2, -0.15) is 0 Å². The predicted molar refractivity (Wildman–Crippen MR) is 81.4 cm³/mol. The van der Waals surface area contributed by atoms with Crippen LogP contribution in [0.2, 0.25) is 0 Å². The molecule has 0 fully saturated rings. The third kappa shape index (κ3) is 2.17. The molecule has 0 saturated carbocycles. The molecule has 0 aliphatic heterocycles. The van der Waals surface area contributed by atoms with Crippen molar-refractivity contribution in [1.29, 1.82) is 0 Å². The SMILES string of the molecule is CC(N(C)c1ccc2scnc2c1N)C(C)(C)C. The first-order chi connectivity index (χ1) is 8.32. The van der Waals surface area contributed by atoms with Crippen LogP contribution in [0.3, 0.4) is 0 Å². The summed E-state index contributed by atoms with van der Waals surface area (Å²) in [5, 5.41) is 0. The van der Waals surface area contributed by atoms with Gasteiger partial charge >= 0.3 is 0 Å². The number of hydrogen-bond donors (Lipinski definition) is 1. The highest BCUT2D eigenvalue weighted by molar-refractivity contribution is 7.16. The molecule has 0 bridgehead atoms. The number of thiazole rings is 1. The molecule has 0 amide bonds. The summed E-state index contributed by atoms with van der Waals surface area (Å²) in [6.45, 7) is 8.95. The van der Waals surface area contributed by atoms with Crippen molar-refractivity contribution < 1.29 is 0 Å².